The molecule has 2 atom stereocenters. The van der Waals surface area contributed by atoms with Gasteiger partial charge in [0, 0.05) is 19.2 Å². The van der Waals surface area contributed by atoms with Crippen LogP contribution in [0.15, 0.2) is 6.20 Å². The van der Waals surface area contributed by atoms with Crippen molar-refractivity contribution in [1.82, 2.24) is 14.5 Å². The molecule has 2 aliphatic rings. The molecule has 0 aliphatic carbocycles. The number of likely N-dealkylation sites (tertiary alicyclic amines) is 1. The number of rotatable bonds is 3. The molecular formula is C15H23N3O2. The van der Waals surface area contributed by atoms with Crippen molar-refractivity contribution in [2.75, 3.05) is 13.1 Å². The van der Waals surface area contributed by atoms with E-state index in [2.05, 4.69) is 22.6 Å². The summed E-state index contributed by atoms with van der Waals surface area (Å²) in [5.41, 5.74) is 1.15. The quantitative estimate of drug-likeness (QED) is 0.919. The number of hydrogen-bond donors (Lipinski definition) is 1. The van der Waals surface area contributed by atoms with Crippen molar-refractivity contribution in [2.24, 2.45) is 5.92 Å². The molecule has 2 unspecified atom stereocenters. The molecule has 2 aliphatic heterocycles. The van der Waals surface area contributed by atoms with E-state index in [4.69, 9.17) is 10.1 Å². The van der Waals surface area contributed by atoms with Crippen LogP contribution in [0.1, 0.15) is 50.2 Å². The molecule has 1 saturated heterocycles. The van der Waals surface area contributed by atoms with Crippen LogP contribution in [0.25, 0.3) is 0 Å². The highest BCUT2D eigenvalue weighted by atomic mass is 16.4. The Morgan fingerprint density at radius 2 is 2.25 bits per heavy atom. The van der Waals surface area contributed by atoms with Crippen LogP contribution in [0.2, 0.25) is 0 Å². The number of nitrogens with zero attached hydrogens (tertiary/aromatic N) is 3. The fourth-order valence-corrected chi connectivity index (χ4v) is 3.53. The Kier molecular flexibility index (Phi) is 3.78. The lowest BCUT2D eigenvalue weighted by atomic mass is 9.98. The van der Waals surface area contributed by atoms with Crippen LogP contribution in [-0.2, 0) is 17.8 Å². The van der Waals surface area contributed by atoms with Gasteiger partial charge in [0.1, 0.15) is 5.82 Å². The number of carbonyl (C=O) groups is 1. The van der Waals surface area contributed by atoms with Gasteiger partial charge in [-0.15, -0.1) is 0 Å². The first-order valence-electron chi connectivity index (χ1n) is 7.72. The number of aliphatic carboxylic acids is 1. The number of hydrogen-bond acceptors (Lipinski definition) is 3. The zero-order chi connectivity index (χ0) is 14.1. The molecule has 110 valence electrons. The summed E-state index contributed by atoms with van der Waals surface area (Å²) in [6.45, 7) is 5.21. The minimum atomic E-state index is -0.686. The first kappa shape index (κ1) is 13.6. The molecule has 3 rings (SSSR count). The molecule has 1 aromatic heterocycles. The Morgan fingerprint density at radius 1 is 1.40 bits per heavy atom. The number of fused-ring (bicyclic) bond motifs is 1. The topological polar surface area (TPSA) is 58.4 Å². The van der Waals surface area contributed by atoms with Crippen LogP contribution in [-0.4, -0.2) is 38.6 Å². The minimum absolute atomic E-state index is 0.258. The van der Waals surface area contributed by atoms with Gasteiger partial charge in [-0.05, 0) is 32.4 Å². The molecule has 0 radical (unpaired) electrons. The Labute approximate surface area is 119 Å². The van der Waals surface area contributed by atoms with Gasteiger partial charge in [0.25, 0.3) is 0 Å². The summed E-state index contributed by atoms with van der Waals surface area (Å²) in [5.74, 6) is 0.0142. The van der Waals surface area contributed by atoms with E-state index in [1.165, 1.54) is 19.3 Å². The number of piperidine rings is 1. The maximum absolute atomic E-state index is 11.1. The maximum Gasteiger partial charge on any atom is 0.307 e. The molecule has 0 saturated carbocycles. The Morgan fingerprint density at radius 3 is 3.00 bits per heavy atom. The highest BCUT2D eigenvalue weighted by Gasteiger charge is 2.29. The summed E-state index contributed by atoms with van der Waals surface area (Å²) in [7, 11) is 0. The summed E-state index contributed by atoms with van der Waals surface area (Å²) in [6.07, 6.45) is 7.17. The van der Waals surface area contributed by atoms with E-state index in [9.17, 15) is 4.79 Å². The second-order valence-electron chi connectivity index (χ2n) is 5.94. The van der Waals surface area contributed by atoms with E-state index < -0.39 is 5.97 Å². The summed E-state index contributed by atoms with van der Waals surface area (Å²) in [4.78, 5) is 18.4. The molecule has 0 aromatic carbocycles. The first-order valence-corrected chi connectivity index (χ1v) is 7.72. The molecule has 0 bridgehead atoms. The predicted molar refractivity (Wildman–Crippen MR) is 75.5 cm³/mol. The highest BCUT2D eigenvalue weighted by Crippen LogP contribution is 2.31. The van der Waals surface area contributed by atoms with Crippen molar-refractivity contribution in [2.45, 2.75) is 51.6 Å². The van der Waals surface area contributed by atoms with Crippen LogP contribution in [0.4, 0.5) is 0 Å². The van der Waals surface area contributed by atoms with Gasteiger partial charge in [0.15, 0.2) is 0 Å². The van der Waals surface area contributed by atoms with E-state index in [1.54, 1.807) is 0 Å². The molecule has 1 N–H and O–H groups in total. The van der Waals surface area contributed by atoms with Crippen molar-refractivity contribution in [1.29, 1.82) is 0 Å². The summed E-state index contributed by atoms with van der Waals surface area (Å²) in [5, 5.41) is 9.15. The second kappa shape index (κ2) is 5.56. The van der Waals surface area contributed by atoms with Crippen molar-refractivity contribution in [3.05, 3.63) is 17.7 Å². The number of carboxylic acid groups (broad SMARTS) is 1. The SMILES string of the molecule is CCN1CCCCC1c1cn2c(n1)CC(C(=O)O)CC2. The van der Waals surface area contributed by atoms with Crippen LogP contribution in [0.3, 0.4) is 0 Å². The monoisotopic (exact) mass is 277 g/mol. The average molecular weight is 277 g/mol. The fraction of sp³-hybridized carbons (Fsp3) is 0.733. The lowest BCUT2D eigenvalue weighted by molar-refractivity contribution is -0.142. The number of imidazole rings is 1. The molecule has 1 fully saturated rings. The fourth-order valence-electron chi connectivity index (χ4n) is 3.53. The van der Waals surface area contributed by atoms with Crippen molar-refractivity contribution in [3.8, 4) is 0 Å². The lowest BCUT2D eigenvalue weighted by Crippen LogP contribution is -2.33. The zero-order valence-corrected chi connectivity index (χ0v) is 12.1. The minimum Gasteiger partial charge on any atom is -0.481 e. The summed E-state index contributed by atoms with van der Waals surface area (Å²) in [6, 6.07) is 0.426. The van der Waals surface area contributed by atoms with Crippen molar-refractivity contribution < 1.29 is 9.90 Å². The van der Waals surface area contributed by atoms with Gasteiger partial charge in [-0.25, -0.2) is 4.98 Å². The Hall–Kier alpha value is -1.36. The molecule has 0 amide bonds. The number of aryl methyl sites for hydroxylation is 1. The van der Waals surface area contributed by atoms with Gasteiger partial charge in [-0.2, -0.15) is 0 Å². The molecule has 1 aromatic rings. The van der Waals surface area contributed by atoms with E-state index in [-0.39, 0.29) is 5.92 Å². The van der Waals surface area contributed by atoms with Gasteiger partial charge in [-0.1, -0.05) is 13.3 Å². The van der Waals surface area contributed by atoms with E-state index in [1.807, 2.05) is 0 Å². The number of aromatic nitrogens is 2. The molecule has 3 heterocycles. The summed E-state index contributed by atoms with van der Waals surface area (Å²) < 4.78 is 2.16. The molecule has 20 heavy (non-hydrogen) atoms. The maximum atomic E-state index is 11.1. The Bertz CT molecular complexity index is 497. The molecular weight excluding hydrogens is 254 g/mol. The van der Waals surface area contributed by atoms with Crippen molar-refractivity contribution in [3.63, 3.8) is 0 Å². The van der Waals surface area contributed by atoms with Crippen LogP contribution in [0, 0.1) is 5.92 Å². The van der Waals surface area contributed by atoms with Gasteiger partial charge < -0.3 is 9.67 Å². The van der Waals surface area contributed by atoms with E-state index >= 15 is 0 Å². The second-order valence-corrected chi connectivity index (χ2v) is 5.94. The van der Waals surface area contributed by atoms with Crippen LogP contribution < -0.4 is 0 Å². The largest absolute Gasteiger partial charge is 0.481 e. The van der Waals surface area contributed by atoms with Crippen LogP contribution in [0.5, 0.6) is 0 Å². The normalized spacial score (nSPS) is 27.2. The van der Waals surface area contributed by atoms with Crippen molar-refractivity contribution >= 4 is 5.97 Å². The third-order valence-electron chi connectivity index (χ3n) is 4.74. The van der Waals surface area contributed by atoms with Gasteiger partial charge in [0.2, 0.25) is 0 Å². The van der Waals surface area contributed by atoms with Gasteiger partial charge in [-0.3, -0.25) is 9.69 Å². The third kappa shape index (κ3) is 2.46. The molecule has 0 spiro atoms. The number of carboxylic acids is 1. The van der Waals surface area contributed by atoms with E-state index in [0.717, 1.165) is 37.6 Å². The standard InChI is InChI=1S/C15H23N3O2/c1-2-17-7-4-3-5-13(17)12-10-18-8-6-11(15(19)20)9-14(18)16-12/h10-11,13H,2-9H2,1H3,(H,19,20). The van der Waals surface area contributed by atoms with Crippen LogP contribution >= 0.6 is 0 Å². The summed E-state index contributed by atoms with van der Waals surface area (Å²) >= 11 is 0. The van der Waals surface area contributed by atoms with Gasteiger partial charge in [0.05, 0.1) is 17.7 Å². The highest BCUT2D eigenvalue weighted by molar-refractivity contribution is 5.70. The molecule has 5 nitrogen and oxygen atoms in total. The van der Waals surface area contributed by atoms with Gasteiger partial charge >= 0.3 is 5.97 Å². The predicted octanol–water partition coefficient (Wildman–Crippen LogP) is 2.08. The first-order chi connectivity index (χ1) is 9.69. The Balaban J connectivity index is 1.81. The van der Waals surface area contributed by atoms with E-state index in [0.29, 0.717) is 12.5 Å². The lowest BCUT2D eigenvalue weighted by Gasteiger charge is -2.33. The zero-order valence-electron chi connectivity index (χ0n) is 12.1. The average Bonchev–Trinajstić information content (AvgIpc) is 2.89. The molecule has 5 heteroatoms. The third-order valence-corrected chi connectivity index (χ3v) is 4.74. The smallest absolute Gasteiger partial charge is 0.307 e.